The van der Waals surface area contributed by atoms with Gasteiger partial charge < -0.3 is 5.73 Å². The smallest absolute Gasteiger partial charge is 0.0863 e. The predicted molar refractivity (Wildman–Crippen MR) is 45.6 cm³/mol. The zero-order valence-electron chi connectivity index (χ0n) is 5.87. The van der Waals surface area contributed by atoms with Crippen molar-refractivity contribution in [1.29, 1.82) is 0 Å². The highest BCUT2D eigenvalue weighted by Crippen LogP contribution is 2.09. The Morgan fingerprint density at radius 3 is 3.10 bits per heavy atom. The molecule has 0 radical (unpaired) electrons. The molecular formula is C7H10N2S. The van der Waals surface area contributed by atoms with Gasteiger partial charge in [0.1, 0.15) is 0 Å². The van der Waals surface area contributed by atoms with Gasteiger partial charge in [-0.3, -0.25) is 4.99 Å². The Bertz CT molecular complexity index is 214. The standard InChI is InChI=1S/C7H10N2S/c1-6(9-5-8)7-3-2-4-10-7/h2-4H,5,8H2,1H3/b9-6+. The van der Waals surface area contributed by atoms with Gasteiger partial charge in [-0.2, -0.15) is 0 Å². The zero-order chi connectivity index (χ0) is 7.40. The first-order valence-corrected chi connectivity index (χ1v) is 3.97. The molecule has 0 atom stereocenters. The number of aliphatic imine (C=N–C) groups is 1. The summed E-state index contributed by atoms with van der Waals surface area (Å²) in [7, 11) is 0. The lowest BCUT2D eigenvalue weighted by Gasteiger charge is -1.92. The third-order valence-electron chi connectivity index (χ3n) is 1.21. The molecule has 0 fully saturated rings. The number of nitrogens with two attached hydrogens (primary N) is 1. The van der Waals surface area contributed by atoms with Crippen molar-refractivity contribution in [2.24, 2.45) is 10.7 Å². The lowest BCUT2D eigenvalue weighted by atomic mass is 10.3. The van der Waals surface area contributed by atoms with E-state index in [2.05, 4.69) is 4.99 Å². The van der Waals surface area contributed by atoms with Gasteiger partial charge in [0.15, 0.2) is 0 Å². The largest absolute Gasteiger partial charge is 0.312 e. The van der Waals surface area contributed by atoms with Crippen molar-refractivity contribution in [3.63, 3.8) is 0 Å². The van der Waals surface area contributed by atoms with E-state index in [1.807, 2.05) is 24.4 Å². The number of hydrogen-bond acceptors (Lipinski definition) is 3. The summed E-state index contributed by atoms with van der Waals surface area (Å²) in [5, 5.41) is 2.03. The van der Waals surface area contributed by atoms with Crippen LogP contribution in [0.5, 0.6) is 0 Å². The van der Waals surface area contributed by atoms with Gasteiger partial charge in [-0.15, -0.1) is 11.3 Å². The Morgan fingerprint density at radius 1 is 1.80 bits per heavy atom. The van der Waals surface area contributed by atoms with Crippen LogP contribution in [0.2, 0.25) is 0 Å². The Labute approximate surface area is 64.4 Å². The summed E-state index contributed by atoms with van der Waals surface area (Å²) in [6.45, 7) is 2.35. The topological polar surface area (TPSA) is 38.4 Å². The molecule has 0 saturated carbocycles. The molecule has 0 spiro atoms. The minimum absolute atomic E-state index is 0.379. The molecule has 0 aliphatic rings. The lowest BCUT2D eigenvalue weighted by Crippen LogP contribution is -1.99. The summed E-state index contributed by atoms with van der Waals surface area (Å²) in [5.41, 5.74) is 6.28. The summed E-state index contributed by atoms with van der Waals surface area (Å²) in [6.07, 6.45) is 0. The number of rotatable bonds is 2. The number of hydrogen-bond donors (Lipinski definition) is 1. The third-order valence-corrected chi connectivity index (χ3v) is 2.18. The van der Waals surface area contributed by atoms with Crippen molar-refractivity contribution in [3.8, 4) is 0 Å². The van der Waals surface area contributed by atoms with Crippen molar-refractivity contribution in [3.05, 3.63) is 22.4 Å². The Hall–Kier alpha value is -0.670. The van der Waals surface area contributed by atoms with Gasteiger partial charge in [0.05, 0.1) is 12.4 Å². The van der Waals surface area contributed by atoms with Crippen LogP contribution in [0, 0.1) is 0 Å². The molecule has 2 nitrogen and oxygen atoms in total. The van der Waals surface area contributed by atoms with Crippen LogP contribution in [0.3, 0.4) is 0 Å². The molecule has 0 unspecified atom stereocenters. The fourth-order valence-electron chi connectivity index (χ4n) is 0.699. The highest BCUT2D eigenvalue weighted by molar-refractivity contribution is 7.12. The van der Waals surface area contributed by atoms with Crippen LogP contribution in [-0.2, 0) is 0 Å². The van der Waals surface area contributed by atoms with E-state index in [-0.39, 0.29) is 0 Å². The average molecular weight is 154 g/mol. The second-order valence-corrected chi connectivity index (χ2v) is 2.85. The molecule has 10 heavy (non-hydrogen) atoms. The fourth-order valence-corrected chi connectivity index (χ4v) is 1.40. The normalized spacial score (nSPS) is 12.0. The molecule has 0 saturated heterocycles. The van der Waals surface area contributed by atoms with Gasteiger partial charge in [0, 0.05) is 4.88 Å². The molecule has 0 bridgehead atoms. The van der Waals surface area contributed by atoms with Crippen molar-refractivity contribution in [1.82, 2.24) is 0 Å². The van der Waals surface area contributed by atoms with Crippen LogP contribution >= 0.6 is 11.3 Å². The first-order valence-electron chi connectivity index (χ1n) is 3.09. The quantitative estimate of drug-likeness (QED) is 0.644. The highest BCUT2D eigenvalue weighted by Gasteiger charge is 1.94. The van der Waals surface area contributed by atoms with Gasteiger partial charge in [0.25, 0.3) is 0 Å². The zero-order valence-corrected chi connectivity index (χ0v) is 6.69. The maximum atomic E-state index is 5.25. The van der Waals surface area contributed by atoms with E-state index in [1.165, 1.54) is 4.88 Å². The summed E-state index contributed by atoms with van der Waals surface area (Å²) in [6, 6.07) is 4.05. The average Bonchev–Trinajstić information content (AvgIpc) is 2.38. The Kier molecular flexibility index (Phi) is 2.59. The van der Waals surface area contributed by atoms with E-state index in [0.717, 1.165) is 5.71 Å². The van der Waals surface area contributed by atoms with Gasteiger partial charge >= 0.3 is 0 Å². The van der Waals surface area contributed by atoms with Crippen LogP contribution in [0.15, 0.2) is 22.5 Å². The summed E-state index contributed by atoms with van der Waals surface area (Å²) < 4.78 is 0. The van der Waals surface area contributed by atoms with Crippen molar-refractivity contribution >= 4 is 17.0 Å². The van der Waals surface area contributed by atoms with E-state index in [1.54, 1.807) is 11.3 Å². The molecule has 54 valence electrons. The lowest BCUT2D eigenvalue weighted by molar-refractivity contribution is 1.07. The molecule has 0 amide bonds. The predicted octanol–water partition coefficient (Wildman–Crippen LogP) is 1.47. The van der Waals surface area contributed by atoms with E-state index < -0.39 is 0 Å². The first-order chi connectivity index (χ1) is 4.84. The van der Waals surface area contributed by atoms with Gasteiger partial charge in [0.2, 0.25) is 0 Å². The minimum Gasteiger partial charge on any atom is -0.312 e. The first kappa shape index (κ1) is 7.44. The summed E-state index contributed by atoms with van der Waals surface area (Å²) in [4.78, 5) is 5.27. The van der Waals surface area contributed by atoms with Crippen LogP contribution in [0.4, 0.5) is 0 Å². The molecule has 1 rings (SSSR count). The highest BCUT2D eigenvalue weighted by atomic mass is 32.1. The Balaban J connectivity index is 2.77. The van der Waals surface area contributed by atoms with Crippen molar-refractivity contribution in [2.75, 3.05) is 6.67 Å². The summed E-state index contributed by atoms with van der Waals surface area (Å²) in [5.74, 6) is 0. The fraction of sp³-hybridized carbons (Fsp3) is 0.286. The monoisotopic (exact) mass is 154 g/mol. The maximum Gasteiger partial charge on any atom is 0.0863 e. The van der Waals surface area contributed by atoms with Crippen LogP contribution < -0.4 is 5.73 Å². The van der Waals surface area contributed by atoms with Crippen LogP contribution in [0.25, 0.3) is 0 Å². The van der Waals surface area contributed by atoms with E-state index in [4.69, 9.17) is 5.73 Å². The molecule has 1 aromatic rings. The summed E-state index contributed by atoms with van der Waals surface area (Å²) >= 11 is 1.68. The number of thiophene rings is 1. The van der Waals surface area contributed by atoms with E-state index in [0.29, 0.717) is 6.67 Å². The molecule has 2 N–H and O–H groups in total. The van der Waals surface area contributed by atoms with Crippen LogP contribution in [-0.4, -0.2) is 12.4 Å². The van der Waals surface area contributed by atoms with Gasteiger partial charge in [-0.1, -0.05) is 6.07 Å². The third kappa shape index (κ3) is 1.65. The van der Waals surface area contributed by atoms with Crippen LogP contribution in [0.1, 0.15) is 11.8 Å². The molecule has 0 aromatic carbocycles. The van der Waals surface area contributed by atoms with E-state index in [9.17, 15) is 0 Å². The minimum atomic E-state index is 0.379. The maximum absolute atomic E-state index is 5.25. The molecular weight excluding hydrogens is 144 g/mol. The van der Waals surface area contributed by atoms with Crippen molar-refractivity contribution in [2.45, 2.75) is 6.92 Å². The number of nitrogens with zero attached hydrogens (tertiary/aromatic N) is 1. The molecule has 0 aliphatic carbocycles. The van der Waals surface area contributed by atoms with Gasteiger partial charge in [-0.25, -0.2) is 0 Å². The molecule has 1 heterocycles. The second kappa shape index (κ2) is 3.49. The molecule has 3 heteroatoms. The molecule has 0 aliphatic heterocycles. The van der Waals surface area contributed by atoms with Crippen molar-refractivity contribution < 1.29 is 0 Å². The van der Waals surface area contributed by atoms with Gasteiger partial charge in [-0.05, 0) is 18.4 Å². The van der Waals surface area contributed by atoms with E-state index >= 15 is 0 Å². The molecule has 1 aromatic heterocycles. The Morgan fingerprint density at radius 2 is 2.60 bits per heavy atom. The second-order valence-electron chi connectivity index (χ2n) is 1.90. The SMILES string of the molecule is C/C(=N\CN)c1cccs1.